The van der Waals surface area contributed by atoms with Crippen LogP contribution in [0.4, 0.5) is 5.00 Å². The molecule has 1 rings (SSSR count). The van der Waals surface area contributed by atoms with E-state index in [0.29, 0.717) is 13.2 Å². The maximum Gasteiger partial charge on any atom is 0.324 e. The molecule has 0 radical (unpaired) electrons. The van der Waals surface area contributed by atoms with Crippen LogP contribution in [0, 0.1) is 10.1 Å². The highest BCUT2D eigenvalue weighted by Gasteiger charge is 2.08. The lowest BCUT2D eigenvalue weighted by Gasteiger charge is -2.07. The third-order valence-corrected chi connectivity index (χ3v) is 2.89. The maximum atomic E-state index is 10.4. The first-order valence-corrected chi connectivity index (χ1v) is 5.96. The summed E-state index contributed by atoms with van der Waals surface area (Å²) in [6, 6.07) is 3.31. The lowest BCUT2D eigenvalue weighted by Crippen LogP contribution is -2.20. The standard InChI is InChI=1S/C10H16N2O3S/c1-8(2)15-6-5-11-7-9-3-4-10(16-9)12(13)14/h3-4,8,11H,5-7H2,1-2H3. The Morgan fingerprint density at radius 3 is 2.88 bits per heavy atom. The van der Waals surface area contributed by atoms with Gasteiger partial charge in [0.05, 0.1) is 17.6 Å². The van der Waals surface area contributed by atoms with E-state index < -0.39 is 0 Å². The van der Waals surface area contributed by atoms with Crippen molar-refractivity contribution in [1.82, 2.24) is 5.32 Å². The lowest BCUT2D eigenvalue weighted by molar-refractivity contribution is -0.380. The van der Waals surface area contributed by atoms with Crippen LogP contribution in [0.3, 0.4) is 0 Å². The zero-order chi connectivity index (χ0) is 12.0. The molecular weight excluding hydrogens is 228 g/mol. The molecule has 1 N–H and O–H groups in total. The Kier molecular flexibility index (Phi) is 5.37. The normalized spacial score (nSPS) is 10.9. The first-order valence-electron chi connectivity index (χ1n) is 5.15. The zero-order valence-electron chi connectivity index (χ0n) is 9.43. The topological polar surface area (TPSA) is 64.4 Å². The average Bonchev–Trinajstić information content (AvgIpc) is 2.65. The monoisotopic (exact) mass is 244 g/mol. The Hall–Kier alpha value is -0.980. The molecule has 90 valence electrons. The molecule has 0 amide bonds. The second-order valence-corrected chi connectivity index (χ2v) is 4.74. The Labute approximate surface area is 98.6 Å². The zero-order valence-corrected chi connectivity index (χ0v) is 10.3. The van der Waals surface area contributed by atoms with Crippen molar-refractivity contribution < 1.29 is 9.66 Å². The van der Waals surface area contributed by atoms with Gasteiger partial charge in [0.25, 0.3) is 0 Å². The van der Waals surface area contributed by atoms with Crippen LogP contribution in [-0.2, 0) is 11.3 Å². The molecule has 6 heteroatoms. The third kappa shape index (κ3) is 4.69. The first-order chi connectivity index (χ1) is 7.59. The molecule has 1 heterocycles. The summed E-state index contributed by atoms with van der Waals surface area (Å²) in [5.41, 5.74) is 0. The molecule has 16 heavy (non-hydrogen) atoms. The van der Waals surface area contributed by atoms with Crippen LogP contribution >= 0.6 is 11.3 Å². The van der Waals surface area contributed by atoms with Gasteiger partial charge in [-0.25, -0.2) is 0 Å². The largest absolute Gasteiger partial charge is 0.377 e. The number of ether oxygens (including phenoxy) is 1. The molecule has 0 aliphatic rings. The predicted octanol–water partition coefficient (Wildman–Crippen LogP) is 2.17. The number of hydrogen-bond acceptors (Lipinski definition) is 5. The van der Waals surface area contributed by atoms with Crippen molar-refractivity contribution in [2.45, 2.75) is 26.5 Å². The van der Waals surface area contributed by atoms with Crippen LogP contribution in [0.5, 0.6) is 0 Å². The second-order valence-electron chi connectivity index (χ2n) is 3.59. The summed E-state index contributed by atoms with van der Waals surface area (Å²) in [5.74, 6) is 0. The van der Waals surface area contributed by atoms with E-state index in [2.05, 4.69) is 5.32 Å². The highest BCUT2D eigenvalue weighted by Crippen LogP contribution is 2.23. The number of nitro groups is 1. The van der Waals surface area contributed by atoms with E-state index in [1.807, 2.05) is 13.8 Å². The van der Waals surface area contributed by atoms with Crippen molar-refractivity contribution in [3.8, 4) is 0 Å². The molecule has 0 spiro atoms. The summed E-state index contributed by atoms with van der Waals surface area (Å²) in [5, 5.41) is 13.8. The molecule has 0 unspecified atom stereocenters. The molecule has 0 aromatic carbocycles. The van der Waals surface area contributed by atoms with Gasteiger partial charge in [-0.2, -0.15) is 0 Å². The highest BCUT2D eigenvalue weighted by atomic mass is 32.1. The van der Waals surface area contributed by atoms with Crippen molar-refractivity contribution >= 4 is 16.3 Å². The van der Waals surface area contributed by atoms with Crippen LogP contribution in [0.2, 0.25) is 0 Å². The van der Waals surface area contributed by atoms with Gasteiger partial charge in [0, 0.05) is 24.0 Å². The summed E-state index contributed by atoms with van der Waals surface area (Å²) in [7, 11) is 0. The molecular formula is C10H16N2O3S. The van der Waals surface area contributed by atoms with Crippen molar-refractivity contribution in [1.29, 1.82) is 0 Å². The molecule has 0 bridgehead atoms. The van der Waals surface area contributed by atoms with Gasteiger partial charge in [0.2, 0.25) is 0 Å². The van der Waals surface area contributed by atoms with E-state index in [4.69, 9.17) is 4.74 Å². The number of thiophene rings is 1. The minimum atomic E-state index is -0.365. The van der Waals surface area contributed by atoms with Gasteiger partial charge in [-0.3, -0.25) is 10.1 Å². The number of hydrogen-bond donors (Lipinski definition) is 1. The number of nitrogens with zero attached hydrogens (tertiary/aromatic N) is 1. The molecule has 0 saturated carbocycles. The molecule has 1 aromatic heterocycles. The minimum Gasteiger partial charge on any atom is -0.377 e. The van der Waals surface area contributed by atoms with Crippen LogP contribution < -0.4 is 5.32 Å². The summed E-state index contributed by atoms with van der Waals surface area (Å²) >= 11 is 1.20. The highest BCUT2D eigenvalue weighted by molar-refractivity contribution is 7.15. The van der Waals surface area contributed by atoms with Gasteiger partial charge in [0.15, 0.2) is 0 Å². The van der Waals surface area contributed by atoms with E-state index in [9.17, 15) is 10.1 Å². The van der Waals surface area contributed by atoms with E-state index in [0.717, 1.165) is 11.4 Å². The number of nitrogens with one attached hydrogen (secondary N) is 1. The second kappa shape index (κ2) is 6.57. The van der Waals surface area contributed by atoms with Crippen molar-refractivity contribution in [3.63, 3.8) is 0 Å². The van der Waals surface area contributed by atoms with E-state index in [-0.39, 0.29) is 16.0 Å². The van der Waals surface area contributed by atoms with Crippen molar-refractivity contribution in [3.05, 3.63) is 27.1 Å². The summed E-state index contributed by atoms with van der Waals surface area (Å²) < 4.78 is 5.36. The van der Waals surface area contributed by atoms with Gasteiger partial charge in [-0.05, 0) is 19.9 Å². The molecule has 5 nitrogen and oxygen atoms in total. The fourth-order valence-electron chi connectivity index (χ4n) is 1.14. The quantitative estimate of drug-likeness (QED) is 0.453. The Morgan fingerprint density at radius 1 is 1.56 bits per heavy atom. The third-order valence-electron chi connectivity index (χ3n) is 1.86. The fraction of sp³-hybridized carbons (Fsp3) is 0.600. The molecule has 0 fully saturated rings. The Balaban J connectivity index is 2.19. The van der Waals surface area contributed by atoms with E-state index in [1.165, 1.54) is 17.4 Å². The summed E-state index contributed by atoms with van der Waals surface area (Å²) in [4.78, 5) is 11.0. The van der Waals surface area contributed by atoms with Crippen LogP contribution in [0.15, 0.2) is 12.1 Å². The molecule has 0 atom stereocenters. The maximum absolute atomic E-state index is 10.4. The Morgan fingerprint density at radius 2 is 2.31 bits per heavy atom. The van der Waals surface area contributed by atoms with Gasteiger partial charge in [-0.15, -0.1) is 0 Å². The molecule has 0 aliphatic carbocycles. The summed E-state index contributed by atoms with van der Waals surface area (Å²) in [6.45, 7) is 6.04. The van der Waals surface area contributed by atoms with E-state index >= 15 is 0 Å². The SMILES string of the molecule is CC(C)OCCNCc1ccc([N+](=O)[O-])s1. The van der Waals surface area contributed by atoms with Crippen LogP contribution in [0.25, 0.3) is 0 Å². The minimum absolute atomic E-state index is 0.190. The average molecular weight is 244 g/mol. The van der Waals surface area contributed by atoms with Gasteiger partial charge < -0.3 is 10.1 Å². The molecule has 0 saturated heterocycles. The predicted molar refractivity (Wildman–Crippen MR) is 63.8 cm³/mol. The van der Waals surface area contributed by atoms with Gasteiger partial charge in [-0.1, -0.05) is 11.3 Å². The fourth-order valence-corrected chi connectivity index (χ4v) is 1.93. The molecule has 0 aliphatic heterocycles. The first kappa shape index (κ1) is 13.1. The van der Waals surface area contributed by atoms with Gasteiger partial charge in [0.1, 0.15) is 0 Å². The molecule has 1 aromatic rings. The van der Waals surface area contributed by atoms with Crippen LogP contribution in [-0.4, -0.2) is 24.2 Å². The smallest absolute Gasteiger partial charge is 0.324 e. The van der Waals surface area contributed by atoms with Crippen LogP contribution in [0.1, 0.15) is 18.7 Å². The lowest BCUT2D eigenvalue weighted by atomic mass is 10.4. The summed E-state index contributed by atoms with van der Waals surface area (Å²) in [6.07, 6.45) is 0.240. The van der Waals surface area contributed by atoms with Crippen molar-refractivity contribution in [2.75, 3.05) is 13.2 Å². The number of rotatable bonds is 7. The van der Waals surface area contributed by atoms with Crippen molar-refractivity contribution in [2.24, 2.45) is 0 Å². The van der Waals surface area contributed by atoms with E-state index in [1.54, 1.807) is 6.07 Å². The van der Waals surface area contributed by atoms with Gasteiger partial charge >= 0.3 is 5.00 Å². The Bertz CT molecular complexity index is 339.